The third-order valence-corrected chi connectivity index (χ3v) is 4.69. The van der Waals surface area contributed by atoms with Crippen molar-refractivity contribution < 1.29 is 14.8 Å². The van der Waals surface area contributed by atoms with Gasteiger partial charge < -0.3 is 21.2 Å². The summed E-state index contributed by atoms with van der Waals surface area (Å²) >= 11 is 0. The lowest BCUT2D eigenvalue weighted by Crippen LogP contribution is -2.62. The fourth-order valence-electron chi connectivity index (χ4n) is 3.47. The number of hydrogen-bond donors (Lipinski definition) is 3. The highest BCUT2D eigenvalue weighted by Crippen LogP contribution is 2.39. The van der Waals surface area contributed by atoms with Crippen LogP contribution in [0.2, 0.25) is 0 Å². The molecule has 7 nitrogen and oxygen atoms in total. The molecule has 1 saturated carbocycles. The van der Waals surface area contributed by atoms with E-state index in [1.807, 2.05) is 6.92 Å². The van der Waals surface area contributed by atoms with Crippen molar-refractivity contribution in [1.29, 1.82) is 0 Å². The van der Waals surface area contributed by atoms with Crippen LogP contribution in [-0.4, -0.2) is 46.9 Å². The quantitative estimate of drug-likeness (QED) is 0.303. The largest absolute Gasteiger partial charge is 0.409 e. The molecule has 0 radical (unpaired) electrons. The molecule has 2 fully saturated rings. The Balaban J connectivity index is 2.31. The lowest BCUT2D eigenvalue weighted by molar-refractivity contribution is -0.149. The number of oxime groups is 1. The van der Waals surface area contributed by atoms with Gasteiger partial charge in [0.2, 0.25) is 11.8 Å². The Labute approximate surface area is 124 Å². The Morgan fingerprint density at radius 2 is 2.14 bits per heavy atom. The Morgan fingerprint density at radius 3 is 2.71 bits per heavy atom. The van der Waals surface area contributed by atoms with Gasteiger partial charge in [0.1, 0.15) is 11.5 Å². The van der Waals surface area contributed by atoms with Gasteiger partial charge in [-0.1, -0.05) is 31.3 Å². The van der Waals surface area contributed by atoms with Gasteiger partial charge in [-0.3, -0.25) is 9.59 Å². The van der Waals surface area contributed by atoms with Crippen LogP contribution in [0.15, 0.2) is 5.16 Å². The van der Waals surface area contributed by atoms with Gasteiger partial charge in [0.25, 0.3) is 0 Å². The van der Waals surface area contributed by atoms with Crippen LogP contribution in [0.3, 0.4) is 0 Å². The first-order valence-electron chi connectivity index (χ1n) is 7.63. The molecule has 2 aliphatic rings. The summed E-state index contributed by atoms with van der Waals surface area (Å²) in [7, 11) is 0. The zero-order chi connectivity index (χ0) is 15.5. The van der Waals surface area contributed by atoms with Crippen LogP contribution in [0.5, 0.6) is 0 Å². The highest BCUT2D eigenvalue weighted by Gasteiger charge is 2.48. The van der Waals surface area contributed by atoms with Crippen molar-refractivity contribution >= 4 is 17.6 Å². The third-order valence-electron chi connectivity index (χ3n) is 4.69. The summed E-state index contributed by atoms with van der Waals surface area (Å²) < 4.78 is 0. The molecule has 0 aromatic rings. The Bertz CT molecular complexity index is 444. The summed E-state index contributed by atoms with van der Waals surface area (Å²) in [4.78, 5) is 26.6. The van der Waals surface area contributed by atoms with Gasteiger partial charge in [0, 0.05) is 13.1 Å². The van der Waals surface area contributed by atoms with Crippen molar-refractivity contribution in [1.82, 2.24) is 10.2 Å². The van der Waals surface area contributed by atoms with Crippen LogP contribution in [0.25, 0.3) is 0 Å². The van der Waals surface area contributed by atoms with Crippen LogP contribution in [0, 0.1) is 5.41 Å². The maximum Gasteiger partial charge on any atom is 0.242 e. The molecule has 1 heterocycles. The number of carbonyl (C=O) groups excluding carboxylic acids is 2. The minimum Gasteiger partial charge on any atom is -0.409 e. The average Bonchev–Trinajstić information content (AvgIpc) is 2.53. The van der Waals surface area contributed by atoms with E-state index in [-0.39, 0.29) is 17.6 Å². The van der Waals surface area contributed by atoms with Gasteiger partial charge in [-0.15, -0.1) is 0 Å². The van der Waals surface area contributed by atoms with Gasteiger partial charge in [0.05, 0.1) is 0 Å². The SMILES string of the molecule is CCC1C(=O)NCCN1C(=O)C1(C(N)=NO)CCCCC1. The lowest BCUT2D eigenvalue weighted by Gasteiger charge is -2.43. The van der Waals surface area contributed by atoms with Gasteiger partial charge >= 0.3 is 0 Å². The molecule has 1 unspecified atom stereocenters. The maximum atomic E-state index is 13.1. The first-order valence-corrected chi connectivity index (χ1v) is 7.63. The van der Waals surface area contributed by atoms with E-state index in [4.69, 9.17) is 10.9 Å². The van der Waals surface area contributed by atoms with E-state index in [1.54, 1.807) is 4.90 Å². The summed E-state index contributed by atoms with van der Waals surface area (Å²) in [6.07, 6.45) is 4.51. The van der Waals surface area contributed by atoms with Gasteiger partial charge in [-0.05, 0) is 19.3 Å². The second-order valence-corrected chi connectivity index (χ2v) is 5.84. The summed E-state index contributed by atoms with van der Waals surface area (Å²) in [5.41, 5.74) is 4.92. The van der Waals surface area contributed by atoms with Crippen LogP contribution in [0.1, 0.15) is 45.4 Å². The highest BCUT2D eigenvalue weighted by molar-refractivity contribution is 6.08. The Morgan fingerprint density at radius 1 is 1.48 bits per heavy atom. The van der Waals surface area contributed by atoms with Crippen LogP contribution >= 0.6 is 0 Å². The third kappa shape index (κ3) is 2.69. The number of amides is 2. The summed E-state index contributed by atoms with van der Waals surface area (Å²) in [6, 6.07) is -0.462. The molecular formula is C14H24N4O3. The number of nitrogens with two attached hydrogens (primary N) is 1. The number of carbonyl (C=O) groups is 2. The number of nitrogens with zero attached hydrogens (tertiary/aromatic N) is 2. The predicted octanol–water partition coefficient (Wildman–Crippen LogP) is 0.420. The van der Waals surface area contributed by atoms with Crippen molar-refractivity contribution in [3.63, 3.8) is 0 Å². The monoisotopic (exact) mass is 296 g/mol. The zero-order valence-corrected chi connectivity index (χ0v) is 12.5. The van der Waals surface area contributed by atoms with E-state index in [2.05, 4.69) is 10.5 Å². The van der Waals surface area contributed by atoms with E-state index in [9.17, 15) is 9.59 Å². The Hall–Kier alpha value is -1.79. The molecule has 0 spiro atoms. The van der Waals surface area contributed by atoms with E-state index >= 15 is 0 Å². The fourth-order valence-corrected chi connectivity index (χ4v) is 3.47. The molecule has 1 aliphatic carbocycles. The molecule has 0 aromatic heterocycles. The number of hydrogen-bond acceptors (Lipinski definition) is 4. The lowest BCUT2D eigenvalue weighted by atomic mass is 9.71. The molecule has 0 bridgehead atoms. The van der Waals surface area contributed by atoms with E-state index in [1.165, 1.54) is 0 Å². The molecule has 1 atom stereocenters. The van der Waals surface area contributed by atoms with Crippen LogP contribution < -0.4 is 11.1 Å². The number of amidine groups is 1. The predicted molar refractivity (Wildman–Crippen MR) is 77.7 cm³/mol. The van der Waals surface area contributed by atoms with Gasteiger partial charge in [0.15, 0.2) is 5.84 Å². The summed E-state index contributed by atoms with van der Waals surface area (Å²) in [5, 5.41) is 15.0. The first kappa shape index (κ1) is 15.6. The van der Waals surface area contributed by atoms with Crippen LogP contribution in [0.4, 0.5) is 0 Å². The van der Waals surface area contributed by atoms with Gasteiger partial charge in [-0.25, -0.2) is 0 Å². The molecule has 1 saturated heterocycles. The molecule has 7 heteroatoms. The fraction of sp³-hybridized carbons (Fsp3) is 0.786. The molecule has 2 amide bonds. The molecule has 4 N–H and O–H groups in total. The van der Waals surface area contributed by atoms with Crippen molar-refractivity contribution in [3.05, 3.63) is 0 Å². The minimum atomic E-state index is -0.946. The van der Waals surface area contributed by atoms with Crippen molar-refractivity contribution in [2.45, 2.75) is 51.5 Å². The highest BCUT2D eigenvalue weighted by atomic mass is 16.4. The average molecular weight is 296 g/mol. The molecule has 1 aliphatic heterocycles. The van der Waals surface area contributed by atoms with Crippen molar-refractivity contribution in [2.75, 3.05) is 13.1 Å². The minimum absolute atomic E-state index is 0.0203. The summed E-state index contributed by atoms with van der Waals surface area (Å²) in [6.45, 7) is 2.81. The first-order chi connectivity index (χ1) is 10.1. The Kier molecular flexibility index (Phi) is 4.69. The van der Waals surface area contributed by atoms with Crippen molar-refractivity contribution in [3.8, 4) is 0 Å². The standard InChI is InChI=1S/C14H24N4O3/c1-2-10-11(19)16-8-9-18(10)13(20)14(12(15)17-21)6-4-3-5-7-14/h10,21H,2-9H2,1H3,(H2,15,17)(H,16,19). The zero-order valence-electron chi connectivity index (χ0n) is 12.5. The topological polar surface area (TPSA) is 108 Å². The molecular weight excluding hydrogens is 272 g/mol. The van der Waals surface area contributed by atoms with Gasteiger partial charge in [-0.2, -0.15) is 0 Å². The summed E-state index contributed by atoms with van der Waals surface area (Å²) in [5.74, 6) is -0.310. The molecule has 21 heavy (non-hydrogen) atoms. The van der Waals surface area contributed by atoms with Crippen LogP contribution in [-0.2, 0) is 9.59 Å². The van der Waals surface area contributed by atoms with E-state index < -0.39 is 11.5 Å². The molecule has 0 aromatic carbocycles. The molecule has 118 valence electrons. The van der Waals surface area contributed by atoms with E-state index in [0.717, 1.165) is 19.3 Å². The number of piperazine rings is 1. The number of nitrogens with one attached hydrogen (secondary N) is 1. The van der Waals surface area contributed by atoms with E-state index in [0.29, 0.717) is 32.4 Å². The normalized spacial score (nSPS) is 26.3. The second kappa shape index (κ2) is 6.32. The smallest absolute Gasteiger partial charge is 0.242 e. The number of rotatable bonds is 3. The maximum absolute atomic E-state index is 13.1. The second-order valence-electron chi connectivity index (χ2n) is 5.84. The van der Waals surface area contributed by atoms with Crippen molar-refractivity contribution in [2.24, 2.45) is 16.3 Å². The molecule has 2 rings (SSSR count).